The van der Waals surface area contributed by atoms with Crippen molar-refractivity contribution < 1.29 is 19.4 Å². The highest BCUT2D eigenvalue weighted by Gasteiger charge is 2.50. The minimum Gasteiger partial charge on any atom is -0.407 e. The van der Waals surface area contributed by atoms with Crippen LogP contribution in [0.2, 0.25) is 10.1 Å². The largest absolute Gasteiger partial charge is 0.407 e. The number of rotatable bonds is 4. The fourth-order valence-corrected chi connectivity index (χ4v) is 7.43. The highest BCUT2D eigenvalue weighted by atomic mass is 28.3. The molecule has 28 heavy (non-hydrogen) atoms. The Morgan fingerprint density at radius 3 is 2.39 bits per heavy atom. The lowest BCUT2D eigenvalue weighted by Gasteiger charge is -2.40. The molecule has 1 aliphatic rings. The van der Waals surface area contributed by atoms with Crippen LogP contribution in [0, 0.1) is 0 Å². The number of fused-ring (bicyclic) bond motifs is 1. The lowest BCUT2D eigenvalue weighted by molar-refractivity contribution is -0.0506. The van der Waals surface area contributed by atoms with Crippen LogP contribution in [0.5, 0.6) is 0 Å². The van der Waals surface area contributed by atoms with Gasteiger partial charge in [-0.25, -0.2) is 15.0 Å². The number of nitrogens with two attached hydrogens (primary N) is 1. The third-order valence-electron chi connectivity index (χ3n) is 4.77. The molecule has 0 bridgehead atoms. The van der Waals surface area contributed by atoms with E-state index in [1.807, 2.05) is 0 Å². The Labute approximate surface area is 166 Å². The number of imidazole rings is 1. The van der Waals surface area contributed by atoms with Crippen LogP contribution in [0.25, 0.3) is 11.2 Å². The Balaban J connectivity index is 1.93. The van der Waals surface area contributed by atoms with Crippen LogP contribution < -0.4 is 5.73 Å². The smallest absolute Gasteiger partial charge is 0.223 e. The molecule has 4 N–H and O–H groups in total. The Hall–Kier alpha value is -1.59. The van der Waals surface area contributed by atoms with Gasteiger partial charge in [-0.15, -0.1) is 0 Å². The minimum absolute atomic E-state index is 0.0654. The number of aliphatic hydroxyl groups is 2. The van der Waals surface area contributed by atoms with Gasteiger partial charge >= 0.3 is 0 Å². The topological polar surface area (TPSA) is 129 Å². The second kappa shape index (κ2) is 7.34. The zero-order valence-corrected chi connectivity index (χ0v) is 18.2. The molecule has 4 atom stereocenters. The monoisotopic (exact) mass is 408 g/mol. The summed E-state index contributed by atoms with van der Waals surface area (Å²) in [7, 11) is -1.40. The Morgan fingerprint density at radius 1 is 1.18 bits per heavy atom. The van der Waals surface area contributed by atoms with Crippen LogP contribution in [0.1, 0.15) is 47.8 Å². The van der Waals surface area contributed by atoms with Gasteiger partial charge < -0.3 is 25.1 Å². The molecule has 1 aliphatic heterocycles. The summed E-state index contributed by atoms with van der Waals surface area (Å²) in [5.74, 6) is 0.258. The van der Waals surface area contributed by atoms with E-state index in [1.165, 1.54) is 12.7 Å². The first-order valence-electron chi connectivity index (χ1n) is 9.37. The van der Waals surface area contributed by atoms with Crippen LogP contribution in [-0.2, 0) is 9.16 Å². The van der Waals surface area contributed by atoms with E-state index >= 15 is 0 Å². The molecule has 2 unspecified atom stereocenters. The lowest BCUT2D eigenvalue weighted by atomic mass is 10.1. The van der Waals surface area contributed by atoms with Crippen molar-refractivity contribution in [1.82, 2.24) is 19.5 Å². The Kier molecular flexibility index (Phi) is 5.54. The average molecular weight is 409 g/mol. The molecule has 0 aliphatic carbocycles. The Bertz CT molecular complexity index is 817. The molecule has 1 radical (unpaired) electrons. The third-order valence-corrected chi connectivity index (χ3v) is 8.00. The van der Waals surface area contributed by atoms with E-state index in [1.54, 1.807) is 4.57 Å². The van der Waals surface area contributed by atoms with Crippen molar-refractivity contribution in [1.29, 1.82) is 0 Å². The van der Waals surface area contributed by atoms with Crippen molar-refractivity contribution in [2.45, 2.75) is 76.2 Å². The maximum atomic E-state index is 11.1. The maximum absolute atomic E-state index is 11.1. The third kappa shape index (κ3) is 3.79. The summed E-state index contributed by atoms with van der Waals surface area (Å²) in [5.41, 5.74) is 6.76. The molecule has 10 heteroatoms. The molecule has 155 valence electrons. The first-order chi connectivity index (χ1) is 12.9. The number of hydrogen-bond acceptors (Lipinski definition) is 8. The van der Waals surface area contributed by atoms with Crippen molar-refractivity contribution >= 4 is 26.0 Å². The fourth-order valence-electron chi connectivity index (χ4n) is 3.91. The van der Waals surface area contributed by atoms with E-state index in [0.29, 0.717) is 11.2 Å². The predicted molar refractivity (Wildman–Crippen MR) is 107 cm³/mol. The number of aromatic nitrogens is 4. The summed E-state index contributed by atoms with van der Waals surface area (Å²) >= 11 is 0. The van der Waals surface area contributed by atoms with Gasteiger partial charge in [0.25, 0.3) is 0 Å². The molecule has 9 nitrogen and oxygen atoms in total. The summed E-state index contributed by atoms with van der Waals surface area (Å²) in [6, 6.07) is 0. The fraction of sp³-hybridized carbons (Fsp3) is 0.722. The molecule has 0 amide bonds. The molecule has 0 aromatic carbocycles. The SMILES string of the molecule is CC(C)(C)[Si](OC1C(O)[C@H](n2cnc3c(N)ncnc32)O[C@@H]1CO)C(C)(C)C. The number of nitrogen functional groups attached to an aromatic ring is 1. The van der Waals surface area contributed by atoms with Gasteiger partial charge in [-0.05, 0) is 10.1 Å². The van der Waals surface area contributed by atoms with Gasteiger partial charge in [0, 0.05) is 0 Å². The normalized spacial score (nSPS) is 26.5. The van der Waals surface area contributed by atoms with Crippen LogP contribution in [0.4, 0.5) is 5.82 Å². The van der Waals surface area contributed by atoms with Gasteiger partial charge in [-0.2, -0.15) is 0 Å². The molecule has 1 fully saturated rings. The zero-order valence-electron chi connectivity index (χ0n) is 17.2. The van der Waals surface area contributed by atoms with E-state index in [0.717, 1.165) is 0 Å². The summed E-state index contributed by atoms with van der Waals surface area (Å²) in [6.45, 7) is 12.6. The molecule has 0 saturated carbocycles. The number of anilines is 1. The maximum Gasteiger partial charge on any atom is 0.223 e. The summed E-state index contributed by atoms with van der Waals surface area (Å²) < 4.78 is 14.1. The van der Waals surface area contributed by atoms with Gasteiger partial charge in [0.05, 0.1) is 12.9 Å². The average Bonchev–Trinajstić information content (AvgIpc) is 3.12. The molecule has 3 rings (SSSR count). The molecule has 2 aromatic rings. The number of nitrogens with zero attached hydrogens (tertiary/aromatic N) is 4. The second-order valence-corrected chi connectivity index (χ2v) is 13.1. The van der Waals surface area contributed by atoms with Crippen LogP contribution in [0.15, 0.2) is 12.7 Å². The molecule has 3 heterocycles. The van der Waals surface area contributed by atoms with E-state index in [4.69, 9.17) is 14.9 Å². The molecule has 0 spiro atoms. The number of hydrogen-bond donors (Lipinski definition) is 3. The summed E-state index contributed by atoms with van der Waals surface area (Å²) in [6.07, 6.45) is -0.227. The highest BCUT2D eigenvalue weighted by molar-refractivity contribution is 6.58. The Morgan fingerprint density at radius 2 is 1.82 bits per heavy atom. The molecule has 2 aromatic heterocycles. The molecular formula is C18H30N5O4Si. The second-order valence-electron chi connectivity index (χ2n) is 9.23. The summed E-state index contributed by atoms with van der Waals surface area (Å²) in [5, 5.41) is 20.8. The van der Waals surface area contributed by atoms with Gasteiger partial charge in [0.15, 0.2) is 17.7 Å². The zero-order chi connectivity index (χ0) is 20.9. The first-order valence-corrected chi connectivity index (χ1v) is 10.8. The van der Waals surface area contributed by atoms with Crippen molar-refractivity contribution in [3.8, 4) is 0 Å². The van der Waals surface area contributed by atoms with Crippen LogP contribution in [0.3, 0.4) is 0 Å². The van der Waals surface area contributed by atoms with Gasteiger partial charge in [0.2, 0.25) is 9.04 Å². The van der Waals surface area contributed by atoms with Crippen molar-refractivity contribution in [2.24, 2.45) is 0 Å². The van der Waals surface area contributed by atoms with Crippen LogP contribution >= 0.6 is 0 Å². The molecular weight excluding hydrogens is 378 g/mol. The van der Waals surface area contributed by atoms with Gasteiger partial charge in [-0.1, -0.05) is 41.5 Å². The quantitative estimate of drug-likeness (QED) is 0.651. The lowest BCUT2D eigenvalue weighted by Crippen LogP contribution is -2.47. The van der Waals surface area contributed by atoms with E-state index in [9.17, 15) is 10.2 Å². The predicted octanol–water partition coefficient (Wildman–Crippen LogP) is 1.64. The first kappa shape index (κ1) is 21.1. The van der Waals surface area contributed by atoms with Crippen molar-refractivity contribution in [3.05, 3.63) is 12.7 Å². The van der Waals surface area contributed by atoms with Gasteiger partial charge in [-0.3, -0.25) is 4.57 Å². The minimum atomic E-state index is -1.40. The standard InChI is InChI=1S/C18H30N5O4Si/c1-17(2,3)28(18(4,5)6)27-13-10(7-24)26-16(12(13)25)23-9-22-11-14(19)20-8-21-15(11)23/h8-10,12-13,16,24-25H,7H2,1-6H3,(H2,19,20,21)/t10-,12?,13?,16-/m1/s1. The number of aliphatic hydroxyl groups excluding tert-OH is 2. The van der Waals surface area contributed by atoms with E-state index in [-0.39, 0.29) is 22.5 Å². The van der Waals surface area contributed by atoms with Crippen molar-refractivity contribution in [3.63, 3.8) is 0 Å². The van der Waals surface area contributed by atoms with Crippen LogP contribution in [-0.4, -0.2) is 63.7 Å². The summed E-state index contributed by atoms with van der Waals surface area (Å²) in [4.78, 5) is 12.4. The number of ether oxygens (including phenoxy) is 1. The van der Waals surface area contributed by atoms with E-state index in [2.05, 4.69) is 56.5 Å². The highest BCUT2D eigenvalue weighted by Crippen LogP contribution is 2.45. The van der Waals surface area contributed by atoms with Gasteiger partial charge in [0.1, 0.15) is 30.2 Å². The van der Waals surface area contributed by atoms with Crippen molar-refractivity contribution in [2.75, 3.05) is 12.3 Å². The molecule has 1 saturated heterocycles. The van der Waals surface area contributed by atoms with E-state index < -0.39 is 33.6 Å².